The average Bonchev–Trinajstić information content (AvgIpc) is 3.37. The van der Waals surface area contributed by atoms with Crippen LogP contribution in [-0.4, -0.2) is 75.1 Å². The minimum absolute atomic E-state index is 0.0426. The van der Waals surface area contributed by atoms with Gasteiger partial charge in [0.25, 0.3) is 0 Å². The first-order valence-electron chi connectivity index (χ1n) is 13.7. The monoisotopic (exact) mass is 597 g/mol. The van der Waals surface area contributed by atoms with E-state index in [-0.39, 0.29) is 30.9 Å². The number of H-pyrrole nitrogens is 1. The first kappa shape index (κ1) is 32.5. The number of aromatic nitrogens is 1. The molecular weight excluding hydrogens is 558 g/mol. The number of nitrogens with one attached hydrogen (secondary N) is 4. The lowest BCUT2D eigenvalue weighted by Gasteiger charge is -2.26. The number of fused-ring (bicyclic) bond motifs is 1. The fourth-order valence-corrected chi connectivity index (χ4v) is 4.89. The number of aromatic hydroxyl groups is 1. The number of rotatable bonds is 15. The number of thioether (sulfide) groups is 1. The minimum Gasteiger partial charge on any atom is -0.508 e. The van der Waals surface area contributed by atoms with Crippen molar-refractivity contribution in [3.8, 4) is 5.75 Å². The number of aliphatic carboxylic acids is 1. The number of amides is 3. The average molecular weight is 598 g/mol. The highest BCUT2D eigenvalue weighted by atomic mass is 32.2. The van der Waals surface area contributed by atoms with Crippen LogP contribution >= 0.6 is 11.8 Å². The zero-order chi connectivity index (χ0) is 30.8. The summed E-state index contributed by atoms with van der Waals surface area (Å²) in [4.78, 5) is 54.9. The zero-order valence-electron chi connectivity index (χ0n) is 23.9. The molecule has 2 aromatic carbocycles. The molecule has 0 aliphatic heterocycles. The molecule has 0 fully saturated rings. The summed E-state index contributed by atoms with van der Waals surface area (Å²) in [6, 6.07) is 9.47. The number of hydrogen-bond acceptors (Lipinski definition) is 7. The van der Waals surface area contributed by atoms with E-state index in [1.165, 1.54) is 23.9 Å². The standard InChI is InChI=1S/C30H39N5O6S/c1-17(2)26(31)29(39)34-24(14-18-8-10-20(36)11-9-18)28(38)33-23(12-13-42-3)27(37)35-25(30(40)41)15-19-16-32-22-7-5-4-6-21(19)22/h4-11,16-17,23-26,32,36H,12-15,31H2,1-3H3,(H,33,38)(H,34,39)(H,35,37)(H,40,41). The Balaban J connectivity index is 1.78. The van der Waals surface area contributed by atoms with Gasteiger partial charge in [0.15, 0.2) is 0 Å². The van der Waals surface area contributed by atoms with Crippen LogP contribution in [0.2, 0.25) is 0 Å². The van der Waals surface area contributed by atoms with E-state index in [1.807, 2.05) is 30.5 Å². The van der Waals surface area contributed by atoms with Crippen molar-refractivity contribution in [1.29, 1.82) is 0 Å². The van der Waals surface area contributed by atoms with Gasteiger partial charge in [0.1, 0.15) is 23.9 Å². The number of benzene rings is 2. The molecule has 0 bridgehead atoms. The van der Waals surface area contributed by atoms with Crippen LogP contribution in [0.1, 0.15) is 31.4 Å². The van der Waals surface area contributed by atoms with Gasteiger partial charge in [0.2, 0.25) is 17.7 Å². The number of nitrogens with two attached hydrogens (primary N) is 1. The van der Waals surface area contributed by atoms with Gasteiger partial charge in [0.05, 0.1) is 6.04 Å². The number of para-hydroxylation sites is 1. The third-order valence-corrected chi connectivity index (χ3v) is 7.63. The second-order valence-corrected chi connectivity index (χ2v) is 11.5. The summed E-state index contributed by atoms with van der Waals surface area (Å²) in [7, 11) is 0. The molecule has 226 valence electrons. The van der Waals surface area contributed by atoms with Crippen molar-refractivity contribution in [3.05, 3.63) is 65.9 Å². The third kappa shape index (κ3) is 8.98. The van der Waals surface area contributed by atoms with Gasteiger partial charge in [-0.2, -0.15) is 11.8 Å². The number of carbonyl (C=O) groups excluding carboxylic acids is 3. The van der Waals surface area contributed by atoms with Gasteiger partial charge in [-0.3, -0.25) is 14.4 Å². The first-order valence-corrected chi connectivity index (χ1v) is 15.1. The van der Waals surface area contributed by atoms with Crippen LogP contribution < -0.4 is 21.7 Å². The Morgan fingerprint density at radius 1 is 0.881 bits per heavy atom. The summed E-state index contributed by atoms with van der Waals surface area (Å²) in [5.41, 5.74) is 8.27. The molecule has 3 rings (SSSR count). The lowest BCUT2D eigenvalue weighted by atomic mass is 10.0. The Hall–Kier alpha value is -4.03. The van der Waals surface area contributed by atoms with E-state index >= 15 is 0 Å². The number of phenolic OH excluding ortho intramolecular Hbond substituents is 1. The van der Waals surface area contributed by atoms with E-state index in [2.05, 4.69) is 20.9 Å². The van der Waals surface area contributed by atoms with Crippen LogP contribution in [0.25, 0.3) is 10.9 Å². The van der Waals surface area contributed by atoms with Crippen LogP contribution in [0.5, 0.6) is 5.75 Å². The van der Waals surface area contributed by atoms with Crippen molar-refractivity contribution in [3.63, 3.8) is 0 Å². The van der Waals surface area contributed by atoms with Gasteiger partial charge in [-0.25, -0.2) is 4.79 Å². The lowest BCUT2D eigenvalue weighted by Crippen LogP contribution is -2.58. The number of phenols is 1. The lowest BCUT2D eigenvalue weighted by molar-refractivity contribution is -0.142. The van der Waals surface area contributed by atoms with Gasteiger partial charge in [0, 0.05) is 29.9 Å². The first-order chi connectivity index (χ1) is 20.0. The molecule has 3 aromatic rings. The SMILES string of the molecule is CSCCC(NC(=O)C(Cc1ccc(O)cc1)NC(=O)C(N)C(C)C)C(=O)NC(Cc1c[nH]c2ccccc12)C(=O)O. The van der Waals surface area contributed by atoms with E-state index in [9.17, 15) is 29.4 Å². The Bertz CT molecular complexity index is 1380. The summed E-state index contributed by atoms with van der Waals surface area (Å²) < 4.78 is 0. The molecule has 12 heteroatoms. The van der Waals surface area contributed by atoms with E-state index in [4.69, 9.17) is 5.73 Å². The van der Waals surface area contributed by atoms with Crippen LogP contribution in [-0.2, 0) is 32.0 Å². The van der Waals surface area contributed by atoms with E-state index < -0.39 is 47.9 Å². The van der Waals surface area contributed by atoms with Crippen molar-refractivity contribution < 1.29 is 29.4 Å². The Labute approximate surface area is 249 Å². The molecule has 4 atom stereocenters. The largest absolute Gasteiger partial charge is 0.508 e. The molecule has 1 heterocycles. The molecule has 0 radical (unpaired) electrons. The van der Waals surface area contributed by atoms with E-state index in [0.717, 1.165) is 16.5 Å². The highest BCUT2D eigenvalue weighted by Crippen LogP contribution is 2.19. The van der Waals surface area contributed by atoms with Gasteiger partial charge < -0.3 is 36.9 Å². The maximum absolute atomic E-state index is 13.5. The molecule has 0 aliphatic rings. The molecule has 11 nitrogen and oxygen atoms in total. The van der Waals surface area contributed by atoms with Gasteiger partial charge in [-0.05, 0) is 53.7 Å². The molecule has 0 spiro atoms. The van der Waals surface area contributed by atoms with Crippen molar-refractivity contribution >= 4 is 46.4 Å². The second-order valence-electron chi connectivity index (χ2n) is 10.5. The maximum atomic E-state index is 13.5. The molecular formula is C30H39N5O6S. The molecule has 0 saturated heterocycles. The molecule has 3 amide bonds. The van der Waals surface area contributed by atoms with Crippen molar-refractivity contribution in [2.24, 2.45) is 11.7 Å². The quantitative estimate of drug-likeness (QED) is 0.138. The summed E-state index contributed by atoms with van der Waals surface area (Å²) in [6.45, 7) is 3.58. The highest BCUT2D eigenvalue weighted by Gasteiger charge is 2.31. The molecule has 42 heavy (non-hydrogen) atoms. The van der Waals surface area contributed by atoms with Crippen molar-refractivity contribution in [2.45, 2.75) is 57.3 Å². The number of carboxylic acid groups (broad SMARTS) is 1. The number of aromatic amines is 1. The maximum Gasteiger partial charge on any atom is 0.326 e. The van der Waals surface area contributed by atoms with Gasteiger partial charge >= 0.3 is 5.97 Å². The topological polar surface area (TPSA) is 187 Å². The van der Waals surface area contributed by atoms with E-state index in [1.54, 1.807) is 32.2 Å². The molecule has 0 saturated carbocycles. The summed E-state index contributed by atoms with van der Waals surface area (Å²) in [5.74, 6) is -2.57. The number of carboxylic acids is 1. The van der Waals surface area contributed by atoms with Crippen LogP contribution in [0, 0.1) is 5.92 Å². The minimum atomic E-state index is -1.23. The van der Waals surface area contributed by atoms with Crippen LogP contribution in [0.4, 0.5) is 0 Å². The smallest absolute Gasteiger partial charge is 0.326 e. The summed E-state index contributed by atoms with van der Waals surface area (Å²) >= 11 is 1.47. The Kier molecular flexibility index (Phi) is 11.8. The zero-order valence-corrected chi connectivity index (χ0v) is 24.7. The Morgan fingerprint density at radius 3 is 2.14 bits per heavy atom. The predicted octanol–water partition coefficient (Wildman–Crippen LogP) is 1.93. The molecule has 0 aliphatic carbocycles. The number of carbonyl (C=O) groups is 4. The molecule has 4 unspecified atom stereocenters. The predicted molar refractivity (Wildman–Crippen MR) is 163 cm³/mol. The van der Waals surface area contributed by atoms with Gasteiger partial charge in [-0.15, -0.1) is 0 Å². The normalized spacial score (nSPS) is 14.1. The van der Waals surface area contributed by atoms with Crippen LogP contribution in [0.3, 0.4) is 0 Å². The van der Waals surface area contributed by atoms with Crippen LogP contribution in [0.15, 0.2) is 54.7 Å². The fraction of sp³-hybridized carbons (Fsp3) is 0.400. The van der Waals surface area contributed by atoms with Gasteiger partial charge in [-0.1, -0.05) is 44.2 Å². The number of hydrogen-bond donors (Lipinski definition) is 7. The van der Waals surface area contributed by atoms with Crippen molar-refractivity contribution in [1.82, 2.24) is 20.9 Å². The Morgan fingerprint density at radius 2 is 1.50 bits per heavy atom. The molecule has 1 aromatic heterocycles. The molecule has 8 N–H and O–H groups in total. The summed E-state index contributed by atoms with van der Waals surface area (Å²) in [5, 5.41) is 28.4. The highest BCUT2D eigenvalue weighted by molar-refractivity contribution is 7.98. The summed E-state index contributed by atoms with van der Waals surface area (Å²) in [6.07, 6.45) is 3.94. The van der Waals surface area contributed by atoms with Crippen molar-refractivity contribution in [2.75, 3.05) is 12.0 Å². The second kappa shape index (κ2) is 15.3. The van der Waals surface area contributed by atoms with E-state index in [0.29, 0.717) is 11.3 Å². The fourth-order valence-electron chi connectivity index (χ4n) is 4.42. The third-order valence-electron chi connectivity index (χ3n) is 6.99.